The van der Waals surface area contributed by atoms with Crippen molar-refractivity contribution >= 4 is 5.91 Å². The van der Waals surface area contributed by atoms with E-state index < -0.39 is 0 Å². The van der Waals surface area contributed by atoms with Crippen molar-refractivity contribution in [3.8, 4) is 0 Å². The number of amides is 1. The molecule has 2 N–H and O–H groups in total. The molecular weight excluding hydrogens is 326 g/mol. The van der Waals surface area contributed by atoms with Gasteiger partial charge in [0.25, 0.3) is 0 Å². The molecule has 3 fully saturated rings. The summed E-state index contributed by atoms with van der Waals surface area (Å²) < 4.78 is 2.31. The SMILES string of the molecule is NC1C2CCCC1CC(C(=O)N1CCCC(c3nnc4n3CCC4)C1)C2. The molecule has 1 aromatic heterocycles. The number of carbonyl (C=O) groups is 1. The van der Waals surface area contributed by atoms with Gasteiger partial charge in [0, 0.05) is 43.9 Å². The summed E-state index contributed by atoms with van der Waals surface area (Å²) in [5.41, 5.74) is 6.42. The van der Waals surface area contributed by atoms with Crippen molar-refractivity contribution in [2.75, 3.05) is 13.1 Å². The van der Waals surface area contributed by atoms with Crippen LogP contribution in [0.4, 0.5) is 0 Å². The minimum Gasteiger partial charge on any atom is -0.342 e. The molecule has 2 bridgehead atoms. The Labute approximate surface area is 155 Å². The van der Waals surface area contributed by atoms with Crippen LogP contribution in [0.25, 0.3) is 0 Å². The van der Waals surface area contributed by atoms with Crippen molar-refractivity contribution in [1.82, 2.24) is 19.7 Å². The number of carbonyl (C=O) groups excluding carboxylic acids is 1. The molecule has 1 aromatic rings. The van der Waals surface area contributed by atoms with E-state index in [-0.39, 0.29) is 5.92 Å². The molecule has 1 amide bonds. The van der Waals surface area contributed by atoms with Crippen molar-refractivity contribution in [3.63, 3.8) is 0 Å². The summed E-state index contributed by atoms with van der Waals surface area (Å²) >= 11 is 0. The van der Waals surface area contributed by atoms with Gasteiger partial charge in [0.15, 0.2) is 0 Å². The van der Waals surface area contributed by atoms with Crippen LogP contribution in [0.3, 0.4) is 0 Å². The first kappa shape index (κ1) is 16.7. The van der Waals surface area contributed by atoms with E-state index in [0.29, 0.717) is 29.7 Å². The largest absolute Gasteiger partial charge is 0.342 e. The third-order valence-electron chi connectivity index (χ3n) is 7.50. The quantitative estimate of drug-likeness (QED) is 0.879. The predicted molar refractivity (Wildman–Crippen MR) is 98.4 cm³/mol. The first-order valence-corrected chi connectivity index (χ1v) is 10.7. The minimum absolute atomic E-state index is 0.202. The van der Waals surface area contributed by atoms with Gasteiger partial charge in [-0.15, -0.1) is 10.2 Å². The Hall–Kier alpha value is -1.43. The molecule has 4 aliphatic rings. The molecule has 3 unspecified atom stereocenters. The molecule has 2 saturated carbocycles. The van der Waals surface area contributed by atoms with Crippen LogP contribution < -0.4 is 5.73 Å². The van der Waals surface area contributed by atoms with Crippen LogP contribution in [0.1, 0.15) is 68.9 Å². The van der Waals surface area contributed by atoms with Crippen LogP contribution >= 0.6 is 0 Å². The van der Waals surface area contributed by atoms with Gasteiger partial charge in [0.2, 0.25) is 5.91 Å². The standard InChI is InChI=1S/C20H31N5O/c21-18-13-4-1-5-14(18)11-16(10-13)20(26)24-8-2-6-15(12-24)19-23-22-17-7-3-9-25(17)19/h13-16,18H,1-12,21H2. The number of likely N-dealkylation sites (tertiary alicyclic amines) is 1. The maximum Gasteiger partial charge on any atom is 0.225 e. The van der Waals surface area contributed by atoms with Crippen LogP contribution in [-0.2, 0) is 17.8 Å². The number of hydrogen-bond acceptors (Lipinski definition) is 4. The van der Waals surface area contributed by atoms with Crippen LogP contribution in [0, 0.1) is 17.8 Å². The smallest absolute Gasteiger partial charge is 0.225 e. The molecule has 0 aromatic carbocycles. The van der Waals surface area contributed by atoms with Crippen molar-refractivity contribution in [1.29, 1.82) is 0 Å². The predicted octanol–water partition coefficient (Wildman–Crippen LogP) is 2.08. The van der Waals surface area contributed by atoms with Gasteiger partial charge >= 0.3 is 0 Å². The molecule has 3 heterocycles. The number of aryl methyl sites for hydroxylation is 1. The van der Waals surface area contributed by atoms with Crippen LogP contribution in [-0.4, -0.2) is 44.7 Å². The second-order valence-corrected chi connectivity index (χ2v) is 9.05. The van der Waals surface area contributed by atoms with Crippen LogP contribution in [0.2, 0.25) is 0 Å². The number of rotatable bonds is 2. The fraction of sp³-hybridized carbons (Fsp3) is 0.850. The fourth-order valence-corrected chi connectivity index (χ4v) is 6.11. The molecule has 0 radical (unpaired) electrons. The van der Waals surface area contributed by atoms with E-state index in [1.807, 2.05) is 0 Å². The first-order valence-electron chi connectivity index (χ1n) is 10.7. The van der Waals surface area contributed by atoms with E-state index in [9.17, 15) is 4.79 Å². The number of hydrogen-bond donors (Lipinski definition) is 1. The van der Waals surface area contributed by atoms with Gasteiger partial charge in [0.05, 0.1) is 0 Å². The Morgan fingerprint density at radius 2 is 1.81 bits per heavy atom. The summed E-state index contributed by atoms with van der Waals surface area (Å²) in [6.07, 6.45) is 10.2. The van der Waals surface area contributed by atoms with Crippen molar-refractivity contribution in [3.05, 3.63) is 11.6 Å². The second-order valence-electron chi connectivity index (χ2n) is 9.05. The third-order valence-corrected chi connectivity index (χ3v) is 7.50. The minimum atomic E-state index is 0.202. The second kappa shape index (κ2) is 6.63. The summed E-state index contributed by atoms with van der Waals surface area (Å²) in [6.45, 7) is 2.79. The first-order chi connectivity index (χ1) is 12.7. The van der Waals surface area contributed by atoms with Gasteiger partial charge in [0.1, 0.15) is 11.6 Å². The molecule has 0 spiro atoms. The molecule has 26 heavy (non-hydrogen) atoms. The van der Waals surface area contributed by atoms with E-state index >= 15 is 0 Å². The Balaban J connectivity index is 1.28. The van der Waals surface area contributed by atoms with Gasteiger partial charge < -0.3 is 15.2 Å². The molecule has 142 valence electrons. The van der Waals surface area contributed by atoms with Crippen molar-refractivity contribution in [2.24, 2.45) is 23.5 Å². The number of nitrogens with zero attached hydrogens (tertiary/aromatic N) is 4. The topological polar surface area (TPSA) is 77.0 Å². The van der Waals surface area contributed by atoms with Gasteiger partial charge in [-0.05, 0) is 56.8 Å². The maximum atomic E-state index is 13.3. The molecule has 6 nitrogen and oxygen atoms in total. The van der Waals surface area contributed by atoms with E-state index in [1.165, 1.54) is 25.7 Å². The van der Waals surface area contributed by atoms with E-state index in [4.69, 9.17) is 5.73 Å². The highest BCUT2D eigenvalue weighted by Gasteiger charge is 2.42. The maximum absolute atomic E-state index is 13.3. The Morgan fingerprint density at radius 1 is 1.00 bits per heavy atom. The Morgan fingerprint density at radius 3 is 2.62 bits per heavy atom. The van der Waals surface area contributed by atoms with E-state index in [0.717, 1.165) is 63.4 Å². The molecule has 2 aliphatic heterocycles. The number of aromatic nitrogens is 3. The normalized spacial score (nSPS) is 36.8. The van der Waals surface area contributed by atoms with Crippen LogP contribution in [0.5, 0.6) is 0 Å². The highest BCUT2D eigenvalue weighted by Crippen LogP contribution is 2.43. The van der Waals surface area contributed by atoms with E-state index in [2.05, 4.69) is 19.7 Å². The summed E-state index contributed by atoms with van der Waals surface area (Å²) in [6, 6.07) is 0.334. The summed E-state index contributed by atoms with van der Waals surface area (Å²) in [7, 11) is 0. The van der Waals surface area contributed by atoms with E-state index in [1.54, 1.807) is 0 Å². The summed E-state index contributed by atoms with van der Waals surface area (Å²) in [4.78, 5) is 15.4. The molecule has 3 atom stereocenters. The van der Waals surface area contributed by atoms with Gasteiger partial charge in [-0.25, -0.2) is 0 Å². The average Bonchev–Trinajstić information content (AvgIpc) is 3.24. The summed E-state index contributed by atoms with van der Waals surface area (Å²) in [5, 5.41) is 8.86. The number of fused-ring (bicyclic) bond motifs is 3. The fourth-order valence-electron chi connectivity index (χ4n) is 6.11. The zero-order valence-electron chi connectivity index (χ0n) is 15.6. The summed E-state index contributed by atoms with van der Waals surface area (Å²) in [5.74, 6) is 4.34. The Kier molecular flexibility index (Phi) is 4.26. The zero-order chi connectivity index (χ0) is 17.7. The highest BCUT2D eigenvalue weighted by atomic mass is 16.2. The van der Waals surface area contributed by atoms with Crippen molar-refractivity contribution < 1.29 is 4.79 Å². The van der Waals surface area contributed by atoms with Crippen LogP contribution in [0.15, 0.2) is 0 Å². The van der Waals surface area contributed by atoms with Gasteiger partial charge in [-0.3, -0.25) is 4.79 Å². The lowest BCUT2D eigenvalue weighted by Gasteiger charge is -2.45. The monoisotopic (exact) mass is 357 g/mol. The molecule has 2 aliphatic carbocycles. The number of piperidine rings is 1. The third kappa shape index (κ3) is 2.77. The molecular formula is C20H31N5O. The van der Waals surface area contributed by atoms with Crippen molar-refractivity contribution in [2.45, 2.75) is 76.3 Å². The lowest BCUT2D eigenvalue weighted by atomic mass is 9.65. The lowest BCUT2D eigenvalue weighted by Crippen LogP contribution is -2.51. The highest BCUT2D eigenvalue weighted by molar-refractivity contribution is 5.79. The van der Waals surface area contributed by atoms with Gasteiger partial charge in [-0.2, -0.15) is 0 Å². The Bertz CT molecular complexity index is 672. The zero-order valence-corrected chi connectivity index (χ0v) is 15.6. The van der Waals surface area contributed by atoms with Gasteiger partial charge in [-0.1, -0.05) is 6.42 Å². The number of nitrogens with two attached hydrogens (primary N) is 1. The average molecular weight is 358 g/mol. The molecule has 1 saturated heterocycles. The lowest BCUT2D eigenvalue weighted by molar-refractivity contribution is -0.140. The molecule has 6 heteroatoms. The molecule has 5 rings (SSSR count).